The molecule has 0 bridgehead atoms. The second-order valence-electron chi connectivity index (χ2n) is 6.20. The number of para-hydroxylation sites is 1. The van der Waals surface area contributed by atoms with Crippen molar-refractivity contribution in [1.82, 2.24) is 10.9 Å². The van der Waals surface area contributed by atoms with Crippen molar-refractivity contribution in [2.45, 2.75) is 13.1 Å². The van der Waals surface area contributed by atoms with Crippen molar-refractivity contribution in [3.8, 4) is 11.3 Å². The number of carbonyl (C=O) groups excluding carboxylic acids is 1. The molecule has 30 heavy (non-hydrogen) atoms. The molecule has 1 amide bonds. The van der Waals surface area contributed by atoms with Gasteiger partial charge in [-0.1, -0.05) is 29.8 Å². The minimum Gasteiger partial charge on any atom is -0.451 e. The molecule has 0 saturated heterocycles. The van der Waals surface area contributed by atoms with Gasteiger partial charge >= 0.3 is 12.1 Å². The van der Waals surface area contributed by atoms with Crippen LogP contribution < -0.4 is 16.2 Å². The van der Waals surface area contributed by atoms with Gasteiger partial charge in [0.15, 0.2) is 10.9 Å². The van der Waals surface area contributed by atoms with Crippen LogP contribution in [0.25, 0.3) is 11.3 Å². The molecule has 0 fully saturated rings. The van der Waals surface area contributed by atoms with E-state index < -0.39 is 17.6 Å². The number of amides is 1. The highest BCUT2D eigenvalue weighted by atomic mass is 35.5. The van der Waals surface area contributed by atoms with Gasteiger partial charge in [-0.15, -0.1) is 0 Å². The maximum absolute atomic E-state index is 12.9. The van der Waals surface area contributed by atoms with E-state index >= 15 is 0 Å². The zero-order valence-corrected chi connectivity index (χ0v) is 17.0. The zero-order valence-electron chi connectivity index (χ0n) is 15.4. The Balaban J connectivity index is 1.67. The van der Waals surface area contributed by atoms with Gasteiger partial charge in [0.2, 0.25) is 0 Å². The van der Waals surface area contributed by atoms with Crippen LogP contribution in [0.15, 0.2) is 59.0 Å². The fraction of sp³-hybridized carbons (Fsp3) is 0.100. The van der Waals surface area contributed by atoms with Crippen molar-refractivity contribution in [2.75, 3.05) is 5.32 Å². The third-order valence-electron chi connectivity index (χ3n) is 4.07. The van der Waals surface area contributed by atoms with E-state index in [1.807, 2.05) is 31.2 Å². The lowest BCUT2D eigenvalue weighted by molar-refractivity contribution is -0.137. The summed E-state index contributed by atoms with van der Waals surface area (Å²) in [5.41, 5.74) is 5.76. The number of carbonyl (C=O) groups is 1. The lowest BCUT2D eigenvalue weighted by atomic mass is 10.1. The molecule has 2 aromatic carbocycles. The summed E-state index contributed by atoms with van der Waals surface area (Å²) in [6, 6.07) is 13.0. The number of furan rings is 1. The molecule has 0 saturated carbocycles. The van der Waals surface area contributed by atoms with Crippen LogP contribution in [0.1, 0.15) is 21.7 Å². The molecular weight excluding hydrogens is 439 g/mol. The monoisotopic (exact) mass is 453 g/mol. The number of thiocarbonyl (C=S) groups is 1. The lowest BCUT2D eigenvalue weighted by Crippen LogP contribution is -2.43. The Morgan fingerprint density at radius 3 is 2.50 bits per heavy atom. The number of aryl methyl sites for hydroxylation is 1. The van der Waals surface area contributed by atoms with Gasteiger partial charge in [0.1, 0.15) is 5.76 Å². The van der Waals surface area contributed by atoms with E-state index in [4.69, 9.17) is 28.2 Å². The maximum Gasteiger partial charge on any atom is 0.416 e. The predicted octanol–water partition coefficient (Wildman–Crippen LogP) is 5.56. The Labute approximate surface area is 180 Å². The average Bonchev–Trinajstić information content (AvgIpc) is 3.17. The first-order chi connectivity index (χ1) is 14.1. The number of benzene rings is 2. The number of anilines is 1. The Bertz CT molecular complexity index is 1100. The molecule has 0 aliphatic rings. The number of halogens is 4. The fourth-order valence-corrected chi connectivity index (χ4v) is 2.91. The van der Waals surface area contributed by atoms with E-state index in [2.05, 4.69) is 16.2 Å². The molecule has 156 valence electrons. The highest BCUT2D eigenvalue weighted by Crippen LogP contribution is 2.36. The summed E-state index contributed by atoms with van der Waals surface area (Å²) in [7, 11) is 0. The van der Waals surface area contributed by atoms with Crippen molar-refractivity contribution in [1.29, 1.82) is 0 Å². The predicted molar refractivity (Wildman–Crippen MR) is 112 cm³/mol. The highest BCUT2D eigenvalue weighted by Gasteiger charge is 2.31. The molecule has 10 heteroatoms. The van der Waals surface area contributed by atoms with Crippen molar-refractivity contribution < 1.29 is 22.4 Å². The van der Waals surface area contributed by atoms with Crippen molar-refractivity contribution >= 4 is 40.5 Å². The first kappa shape index (κ1) is 21.7. The number of nitrogens with one attached hydrogen (secondary N) is 3. The van der Waals surface area contributed by atoms with E-state index in [1.54, 1.807) is 0 Å². The quantitative estimate of drug-likeness (QED) is 0.358. The van der Waals surface area contributed by atoms with Crippen LogP contribution in [-0.2, 0) is 6.18 Å². The minimum absolute atomic E-state index is 0.0234. The molecular formula is C20H15ClF3N3O2S. The van der Waals surface area contributed by atoms with Gasteiger partial charge in [0.05, 0.1) is 10.6 Å². The second-order valence-corrected chi connectivity index (χ2v) is 7.02. The smallest absolute Gasteiger partial charge is 0.416 e. The third kappa shape index (κ3) is 5.11. The molecule has 3 N–H and O–H groups in total. The Morgan fingerprint density at radius 1 is 1.07 bits per heavy atom. The normalized spacial score (nSPS) is 11.1. The number of alkyl halides is 3. The third-order valence-corrected chi connectivity index (χ3v) is 4.61. The Kier molecular flexibility index (Phi) is 6.33. The van der Waals surface area contributed by atoms with Crippen molar-refractivity contribution in [3.63, 3.8) is 0 Å². The van der Waals surface area contributed by atoms with Gasteiger partial charge in [0, 0.05) is 11.3 Å². The molecule has 0 aliphatic heterocycles. The van der Waals surface area contributed by atoms with E-state index in [9.17, 15) is 18.0 Å². The van der Waals surface area contributed by atoms with E-state index in [0.717, 1.165) is 29.4 Å². The van der Waals surface area contributed by atoms with Crippen LogP contribution in [0.4, 0.5) is 18.9 Å². The standard InChI is InChI=1S/C20H15ClF3N3O2S/c1-11-4-2-3-5-15(11)25-19(30)27-26-18(28)17-9-8-16(29-17)13-10-12(20(22,23)24)6-7-14(13)21/h2-10H,1H3,(H,26,28)(H2,25,27,30). The largest absolute Gasteiger partial charge is 0.451 e. The van der Waals surface area contributed by atoms with Gasteiger partial charge < -0.3 is 9.73 Å². The molecule has 3 aromatic rings. The number of hydrazine groups is 1. The van der Waals surface area contributed by atoms with E-state index in [1.165, 1.54) is 12.1 Å². The van der Waals surface area contributed by atoms with Gasteiger partial charge in [-0.3, -0.25) is 15.6 Å². The van der Waals surface area contributed by atoms with Crippen LogP contribution in [0.5, 0.6) is 0 Å². The van der Waals surface area contributed by atoms with Crippen LogP contribution in [0.2, 0.25) is 5.02 Å². The molecule has 0 unspecified atom stereocenters. The number of hydrogen-bond acceptors (Lipinski definition) is 3. The van der Waals surface area contributed by atoms with Gasteiger partial charge in [-0.25, -0.2) is 0 Å². The maximum atomic E-state index is 12.9. The molecule has 1 heterocycles. The summed E-state index contributed by atoms with van der Waals surface area (Å²) in [5, 5.41) is 3.13. The Morgan fingerprint density at radius 2 is 1.80 bits per heavy atom. The summed E-state index contributed by atoms with van der Waals surface area (Å²) in [4.78, 5) is 12.3. The zero-order chi connectivity index (χ0) is 21.9. The lowest BCUT2D eigenvalue weighted by Gasteiger charge is -2.12. The summed E-state index contributed by atoms with van der Waals surface area (Å²) < 4.78 is 44.2. The van der Waals surface area contributed by atoms with Gasteiger partial charge in [0.25, 0.3) is 0 Å². The van der Waals surface area contributed by atoms with E-state index in [-0.39, 0.29) is 27.2 Å². The fourth-order valence-electron chi connectivity index (χ4n) is 2.54. The summed E-state index contributed by atoms with van der Waals surface area (Å²) in [5.74, 6) is -0.778. The first-order valence-corrected chi connectivity index (χ1v) is 9.33. The summed E-state index contributed by atoms with van der Waals surface area (Å²) in [6.45, 7) is 1.90. The molecule has 0 radical (unpaired) electrons. The van der Waals surface area contributed by atoms with Crippen molar-refractivity contribution in [2.24, 2.45) is 0 Å². The average molecular weight is 454 g/mol. The number of rotatable bonds is 3. The SMILES string of the molecule is Cc1ccccc1NC(=S)NNC(=O)c1ccc(-c2cc(C(F)(F)F)ccc2Cl)o1. The van der Waals surface area contributed by atoms with E-state index in [0.29, 0.717) is 0 Å². The number of hydrogen-bond donors (Lipinski definition) is 3. The molecule has 3 rings (SSSR count). The van der Waals surface area contributed by atoms with Gasteiger partial charge in [-0.2, -0.15) is 13.2 Å². The minimum atomic E-state index is -4.53. The summed E-state index contributed by atoms with van der Waals surface area (Å²) >= 11 is 11.1. The van der Waals surface area contributed by atoms with Crippen molar-refractivity contribution in [3.05, 3.63) is 76.5 Å². The summed E-state index contributed by atoms with van der Waals surface area (Å²) in [6.07, 6.45) is -4.53. The molecule has 0 aliphatic carbocycles. The van der Waals surface area contributed by atoms with Gasteiger partial charge in [-0.05, 0) is 61.1 Å². The highest BCUT2D eigenvalue weighted by molar-refractivity contribution is 7.80. The van der Waals surface area contributed by atoms with Crippen LogP contribution >= 0.6 is 23.8 Å². The topological polar surface area (TPSA) is 66.3 Å². The second kappa shape index (κ2) is 8.76. The molecule has 0 spiro atoms. The molecule has 1 aromatic heterocycles. The van der Waals surface area contributed by atoms with Crippen LogP contribution in [0.3, 0.4) is 0 Å². The van der Waals surface area contributed by atoms with Crippen LogP contribution in [-0.4, -0.2) is 11.0 Å². The Hall–Kier alpha value is -3.04. The molecule has 5 nitrogen and oxygen atoms in total. The molecule has 0 atom stereocenters. The first-order valence-electron chi connectivity index (χ1n) is 8.55. The van der Waals surface area contributed by atoms with Crippen LogP contribution in [0, 0.1) is 6.92 Å².